The molecule has 0 aliphatic rings. The van der Waals surface area contributed by atoms with Crippen LogP contribution < -0.4 is 0 Å². The molecule has 0 aliphatic carbocycles. The molecule has 0 bridgehead atoms. The Morgan fingerprint density at radius 3 is 2.09 bits per heavy atom. The van der Waals surface area contributed by atoms with Gasteiger partial charge in [-0.15, -0.1) is 0 Å². The van der Waals surface area contributed by atoms with Crippen molar-refractivity contribution in [3.63, 3.8) is 0 Å². The van der Waals surface area contributed by atoms with E-state index in [9.17, 15) is 18.4 Å². The van der Waals surface area contributed by atoms with Gasteiger partial charge in [0.15, 0.2) is 0 Å². The fraction of sp³-hybridized carbons (Fsp3) is 0.467. The van der Waals surface area contributed by atoms with Crippen LogP contribution in [0.5, 0.6) is 0 Å². The lowest BCUT2D eigenvalue weighted by Crippen LogP contribution is -2.13. The summed E-state index contributed by atoms with van der Waals surface area (Å²) in [5, 5.41) is 0. The summed E-state index contributed by atoms with van der Waals surface area (Å²) in [6, 6.07) is 2.16. The average molecular weight is 379 g/mol. The Balaban J connectivity index is 2.39. The van der Waals surface area contributed by atoms with E-state index >= 15 is 0 Å². The van der Waals surface area contributed by atoms with Crippen LogP contribution in [-0.2, 0) is 25.7 Å². The summed E-state index contributed by atoms with van der Waals surface area (Å²) in [7, 11) is 0. The maximum Gasteiger partial charge on any atom is 0.306 e. The molecule has 0 atom stereocenters. The van der Waals surface area contributed by atoms with Crippen molar-refractivity contribution >= 4 is 27.9 Å². The average Bonchev–Trinajstić information content (AvgIpc) is 2.41. The molecule has 0 N–H and O–H groups in total. The summed E-state index contributed by atoms with van der Waals surface area (Å²) < 4.78 is 36.9. The molecule has 4 nitrogen and oxygen atoms in total. The Labute approximate surface area is 135 Å². The third kappa shape index (κ3) is 6.51. The van der Waals surface area contributed by atoms with E-state index in [2.05, 4.69) is 15.9 Å². The number of hydrogen-bond donors (Lipinski definition) is 0. The standard InChI is InChI=1S/C15H17BrF2O4/c1-9(2)7-21-14(19)3-4-15(20)22-8-11-12(17)5-10(16)6-13(11)18/h5-6,9H,3-4,7-8H2,1-2H3. The SMILES string of the molecule is CC(C)COC(=O)CCC(=O)OCc1c(F)cc(Br)cc1F. The lowest BCUT2D eigenvalue weighted by atomic mass is 10.2. The van der Waals surface area contributed by atoms with Crippen LogP contribution in [0.2, 0.25) is 0 Å². The van der Waals surface area contributed by atoms with Gasteiger partial charge in [0, 0.05) is 4.47 Å². The number of esters is 2. The largest absolute Gasteiger partial charge is 0.465 e. The first-order chi connectivity index (χ1) is 10.3. The zero-order chi connectivity index (χ0) is 16.7. The van der Waals surface area contributed by atoms with Gasteiger partial charge in [-0.05, 0) is 18.1 Å². The van der Waals surface area contributed by atoms with Gasteiger partial charge in [0.25, 0.3) is 0 Å². The van der Waals surface area contributed by atoms with E-state index < -0.39 is 30.2 Å². The second kappa shape index (κ2) is 8.82. The van der Waals surface area contributed by atoms with Crippen molar-refractivity contribution in [3.8, 4) is 0 Å². The van der Waals surface area contributed by atoms with Crippen LogP contribution in [-0.4, -0.2) is 18.5 Å². The highest BCUT2D eigenvalue weighted by molar-refractivity contribution is 9.10. The monoisotopic (exact) mass is 378 g/mol. The van der Waals surface area contributed by atoms with Crippen LogP contribution in [0.3, 0.4) is 0 Å². The normalized spacial score (nSPS) is 10.6. The van der Waals surface area contributed by atoms with Gasteiger partial charge >= 0.3 is 11.9 Å². The minimum Gasteiger partial charge on any atom is -0.465 e. The van der Waals surface area contributed by atoms with Crippen molar-refractivity contribution in [2.24, 2.45) is 5.92 Å². The minimum atomic E-state index is -0.809. The smallest absolute Gasteiger partial charge is 0.306 e. The summed E-state index contributed by atoms with van der Waals surface area (Å²) >= 11 is 2.95. The molecule has 122 valence electrons. The molecule has 0 saturated heterocycles. The van der Waals surface area contributed by atoms with Crippen molar-refractivity contribution in [1.29, 1.82) is 0 Å². The van der Waals surface area contributed by atoms with E-state index in [1.807, 2.05) is 13.8 Å². The lowest BCUT2D eigenvalue weighted by molar-refractivity contribution is -0.151. The van der Waals surface area contributed by atoms with Gasteiger partial charge in [0.1, 0.15) is 18.2 Å². The number of hydrogen-bond acceptors (Lipinski definition) is 4. The second-order valence-electron chi connectivity index (χ2n) is 5.09. The van der Waals surface area contributed by atoms with Crippen LogP contribution >= 0.6 is 15.9 Å². The molecule has 1 aromatic carbocycles. The van der Waals surface area contributed by atoms with Crippen LogP contribution in [0, 0.1) is 17.6 Å². The third-order valence-corrected chi connectivity index (χ3v) is 3.05. The molecule has 0 fully saturated rings. The van der Waals surface area contributed by atoms with Crippen molar-refractivity contribution < 1.29 is 27.8 Å². The molecule has 7 heteroatoms. The Hall–Kier alpha value is -1.50. The third-order valence-electron chi connectivity index (χ3n) is 2.59. The Morgan fingerprint density at radius 2 is 1.59 bits per heavy atom. The highest BCUT2D eigenvalue weighted by Crippen LogP contribution is 2.20. The quantitative estimate of drug-likeness (QED) is 0.678. The number of carbonyl (C=O) groups excluding carboxylic acids is 2. The van der Waals surface area contributed by atoms with Gasteiger partial charge in [-0.3, -0.25) is 9.59 Å². The van der Waals surface area contributed by atoms with E-state index in [-0.39, 0.29) is 35.4 Å². The van der Waals surface area contributed by atoms with Gasteiger partial charge < -0.3 is 9.47 Å². The van der Waals surface area contributed by atoms with E-state index in [0.29, 0.717) is 0 Å². The Morgan fingerprint density at radius 1 is 1.09 bits per heavy atom. The molecular weight excluding hydrogens is 362 g/mol. The highest BCUT2D eigenvalue weighted by Gasteiger charge is 2.14. The molecule has 0 aromatic heterocycles. The fourth-order valence-corrected chi connectivity index (χ4v) is 1.87. The summed E-state index contributed by atoms with van der Waals surface area (Å²) in [4.78, 5) is 22.8. The molecule has 0 amide bonds. The van der Waals surface area contributed by atoms with Crippen LogP contribution in [0.4, 0.5) is 8.78 Å². The molecule has 1 aromatic rings. The molecule has 0 aliphatic heterocycles. The maximum absolute atomic E-state index is 13.5. The summed E-state index contributed by atoms with van der Waals surface area (Å²) in [6.45, 7) is 3.54. The van der Waals surface area contributed by atoms with Crippen molar-refractivity contribution in [3.05, 3.63) is 33.8 Å². The van der Waals surface area contributed by atoms with Gasteiger partial charge in [-0.2, -0.15) is 0 Å². The number of rotatable bonds is 7. The Bertz CT molecular complexity index is 523. The van der Waals surface area contributed by atoms with E-state index in [4.69, 9.17) is 9.47 Å². The van der Waals surface area contributed by atoms with Crippen LogP contribution in [0.1, 0.15) is 32.3 Å². The first-order valence-corrected chi connectivity index (χ1v) is 7.53. The van der Waals surface area contributed by atoms with Crippen LogP contribution in [0.15, 0.2) is 16.6 Å². The lowest BCUT2D eigenvalue weighted by Gasteiger charge is -2.08. The number of halogens is 3. The highest BCUT2D eigenvalue weighted by atomic mass is 79.9. The number of carbonyl (C=O) groups is 2. The summed E-state index contributed by atoms with van der Waals surface area (Å²) in [5.41, 5.74) is -0.334. The minimum absolute atomic E-state index is 0.128. The van der Waals surface area contributed by atoms with Crippen molar-refractivity contribution in [1.82, 2.24) is 0 Å². The van der Waals surface area contributed by atoms with Gasteiger partial charge in [0.05, 0.1) is 25.0 Å². The Kier molecular flexibility index (Phi) is 7.44. The molecule has 0 spiro atoms. The molecule has 22 heavy (non-hydrogen) atoms. The molecule has 0 saturated carbocycles. The van der Waals surface area contributed by atoms with Gasteiger partial charge in [-0.25, -0.2) is 8.78 Å². The fourth-order valence-electron chi connectivity index (χ4n) is 1.47. The van der Waals surface area contributed by atoms with E-state index in [0.717, 1.165) is 12.1 Å². The van der Waals surface area contributed by atoms with Crippen molar-refractivity contribution in [2.45, 2.75) is 33.3 Å². The molecule has 0 heterocycles. The van der Waals surface area contributed by atoms with Gasteiger partial charge in [0.2, 0.25) is 0 Å². The van der Waals surface area contributed by atoms with Crippen LogP contribution in [0.25, 0.3) is 0 Å². The van der Waals surface area contributed by atoms with E-state index in [1.54, 1.807) is 0 Å². The predicted octanol–water partition coefficient (Wildman–Crippen LogP) is 3.75. The van der Waals surface area contributed by atoms with Crippen molar-refractivity contribution in [2.75, 3.05) is 6.61 Å². The molecule has 0 radical (unpaired) electrons. The maximum atomic E-state index is 13.5. The zero-order valence-corrected chi connectivity index (χ0v) is 13.9. The predicted molar refractivity (Wildman–Crippen MR) is 78.9 cm³/mol. The first kappa shape index (κ1) is 18.5. The molecule has 1 rings (SSSR count). The summed E-state index contributed by atoms with van der Waals surface area (Å²) in [6.07, 6.45) is -0.326. The first-order valence-electron chi connectivity index (χ1n) is 6.74. The van der Waals surface area contributed by atoms with E-state index in [1.165, 1.54) is 0 Å². The molecular formula is C15H17BrF2O4. The zero-order valence-electron chi connectivity index (χ0n) is 12.3. The number of benzene rings is 1. The number of ether oxygens (including phenoxy) is 2. The molecule has 0 unspecified atom stereocenters. The second-order valence-corrected chi connectivity index (χ2v) is 6.00. The van der Waals surface area contributed by atoms with Gasteiger partial charge in [-0.1, -0.05) is 29.8 Å². The topological polar surface area (TPSA) is 52.6 Å². The summed E-state index contributed by atoms with van der Waals surface area (Å²) in [5.74, 6) is -2.64.